The molecule has 3 rings (SSSR count). The minimum absolute atomic E-state index is 0.137. The molecule has 0 heterocycles. The van der Waals surface area contributed by atoms with E-state index in [4.69, 9.17) is 4.74 Å². The summed E-state index contributed by atoms with van der Waals surface area (Å²) in [6.07, 6.45) is 2.59. The van der Waals surface area contributed by atoms with Crippen molar-refractivity contribution in [1.82, 2.24) is 10.9 Å². The molecule has 0 bridgehead atoms. The number of nitrogens with zero attached hydrogens (tertiary/aromatic N) is 1. The number of hydrogen-bond acceptors (Lipinski definition) is 6. The van der Waals surface area contributed by atoms with Crippen molar-refractivity contribution >= 4 is 29.5 Å². The van der Waals surface area contributed by atoms with Gasteiger partial charge >= 0.3 is 5.97 Å². The summed E-state index contributed by atoms with van der Waals surface area (Å²) in [6, 6.07) is 20.0. The maximum absolute atomic E-state index is 12.3. The molecule has 2 amide bonds. The van der Waals surface area contributed by atoms with Crippen LogP contribution in [0.15, 0.2) is 84.9 Å². The molecule has 0 saturated heterocycles. The average molecular weight is 431 g/mol. The fraction of sp³-hybridized carbons (Fsp3) is 0. The number of nitro benzene ring substituents is 1. The van der Waals surface area contributed by atoms with Crippen LogP contribution in [-0.2, 0) is 4.79 Å². The Morgan fingerprint density at radius 3 is 2.16 bits per heavy atom. The van der Waals surface area contributed by atoms with Gasteiger partial charge in [-0.15, -0.1) is 0 Å². The molecule has 160 valence electrons. The molecule has 0 atom stereocenters. The molecule has 2 N–H and O–H groups in total. The fourth-order valence-electron chi connectivity index (χ4n) is 2.58. The summed E-state index contributed by atoms with van der Waals surface area (Å²) in [5.41, 5.74) is 5.27. The lowest BCUT2D eigenvalue weighted by Crippen LogP contribution is -2.40. The Bertz CT molecular complexity index is 1170. The number of carbonyl (C=O) groups excluding carboxylic acids is 3. The zero-order valence-electron chi connectivity index (χ0n) is 16.6. The highest BCUT2D eigenvalue weighted by Gasteiger charge is 2.11. The number of esters is 1. The molecule has 0 spiro atoms. The van der Waals surface area contributed by atoms with Crippen LogP contribution >= 0.6 is 0 Å². The van der Waals surface area contributed by atoms with E-state index >= 15 is 0 Å². The Morgan fingerprint density at radius 1 is 0.812 bits per heavy atom. The highest BCUT2D eigenvalue weighted by Crippen LogP contribution is 2.21. The van der Waals surface area contributed by atoms with Gasteiger partial charge in [-0.3, -0.25) is 30.6 Å². The first-order valence-corrected chi connectivity index (χ1v) is 9.33. The van der Waals surface area contributed by atoms with Crippen LogP contribution in [0.5, 0.6) is 5.75 Å². The highest BCUT2D eigenvalue weighted by molar-refractivity contribution is 5.98. The number of hydrazine groups is 1. The van der Waals surface area contributed by atoms with Crippen LogP contribution in [0.2, 0.25) is 0 Å². The van der Waals surface area contributed by atoms with Gasteiger partial charge < -0.3 is 4.74 Å². The van der Waals surface area contributed by atoms with E-state index in [1.54, 1.807) is 54.6 Å². The molecule has 3 aromatic rings. The van der Waals surface area contributed by atoms with Gasteiger partial charge in [-0.25, -0.2) is 4.79 Å². The molecule has 0 unspecified atom stereocenters. The second kappa shape index (κ2) is 10.3. The van der Waals surface area contributed by atoms with Gasteiger partial charge in [-0.2, -0.15) is 0 Å². The van der Waals surface area contributed by atoms with Gasteiger partial charge in [-0.05, 0) is 36.4 Å². The molecule has 0 aliphatic carbocycles. The van der Waals surface area contributed by atoms with Crippen LogP contribution in [0.1, 0.15) is 26.3 Å². The standard InChI is InChI=1S/C23H17N3O6/c27-21(24-25-22(28)17-10-13-19(14-11-17)26(30)31)15-12-16-6-4-5-9-20(16)32-23(29)18-7-2-1-3-8-18/h1-15H,(H,24,27)(H,25,28)/b15-12+. The Hall–Kier alpha value is -4.79. The molecule has 0 radical (unpaired) electrons. The third kappa shape index (κ3) is 5.86. The van der Waals surface area contributed by atoms with Crippen molar-refractivity contribution in [1.29, 1.82) is 0 Å². The number of nitrogens with one attached hydrogen (secondary N) is 2. The van der Waals surface area contributed by atoms with E-state index in [-0.39, 0.29) is 17.0 Å². The second-order valence-corrected chi connectivity index (χ2v) is 6.37. The summed E-state index contributed by atoms with van der Waals surface area (Å²) >= 11 is 0. The molecular weight excluding hydrogens is 414 g/mol. The van der Waals surface area contributed by atoms with Crippen LogP contribution in [0, 0.1) is 10.1 Å². The Kier molecular flexibility index (Phi) is 7.05. The molecule has 0 saturated carbocycles. The number of rotatable bonds is 6. The molecule has 9 nitrogen and oxygen atoms in total. The highest BCUT2D eigenvalue weighted by atomic mass is 16.6. The average Bonchev–Trinajstić information content (AvgIpc) is 2.82. The van der Waals surface area contributed by atoms with Crippen LogP contribution < -0.4 is 15.6 Å². The maximum Gasteiger partial charge on any atom is 0.343 e. The van der Waals surface area contributed by atoms with Gasteiger partial charge in [0.2, 0.25) is 0 Å². The number of amides is 2. The number of nitro groups is 1. The summed E-state index contributed by atoms with van der Waals surface area (Å²) < 4.78 is 5.41. The van der Waals surface area contributed by atoms with Gasteiger partial charge in [0.1, 0.15) is 5.75 Å². The van der Waals surface area contributed by atoms with E-state index in [1.165, 1.54) is 30.3 Å². The van der Waals surface area contributed by atoms with E-state index in [0.29, 0.717) is 11.1 Å². The van der Waals surface area contributed by atoms with E-state index in [1.807, 2.05) is 0 Å². The lowest BCUT2D eigenvalue weighted by atomic mass is 10.2. The van der Waals surface area contributed by atoms with Crippen LogP contribution in [-0.4, -0.2) is 22.7 Å². The van der Waals surface area contributed by atoms with Gasteiger partial charge in [0.05, 0.1) is 10.5 Å². The van der Waals surface area contributed by atoms with Crippen molar-refractivity contribution in [3.05, 3.63) is 112 Å². The van der Waals surface area contributed by atoms with Crippen LogP contribution in [0.4, 0.5) is 5.69 Å². The predicted octanol–water partition coefficient (Wildman–Crippen LogP) is 3.29. The van der Waals surface area contributed by atoms with Crippen molar-refractivity contribution in [3.8, 4) is 5.75 Å². The summed E-state index contributed by atoms with van der Waals surface area (Å²) in [4.78, 5) is 46.4. The third-order valence-electron chi connectivity index (χ3n) is 4.18. The van der Waals surface area contributed by atoms with Gasteiger partial charge in [0, 0.05) is 29.3 Å². The Labute approximate surface area is 182 Å². The molecule has 0 aliphatic heterocycles. The van der Waals surface area contributed by atoms with Gasteiger partial charge in [-0.1, -0.05) is 36.4 Å². The monoisotopic (exact) mass is 431 g/mol. The minimum atomic E-state index is -0.640. The first kappa shape index (κ1) is 21.9. The van der Waals surface area contributed by atoms with Crippen LogP contribution in [0.25, 0.3) is 6.08 Å². The lowest BCUT2D eigenvalue weighted by molar-refractivity contribution is -0.384. The molecule has 3 aromatic carbocycles. The van der Waals surface area contributed by atoms with Gasteiger partial charge in [0.25, 0.3) is 17.5 Å². The minimum Gasteiger partial charge on any atom is -0.422 e. The first-order chi connectivity index (χ1) is 15.4. The quantitative estimate of drug-likeness (QED) is 0.203. The third-order valence-corrected chi connectivity index (χ3v) is 4.18. The zero-order valence-corrected chi connectivity index (χ0v) is 16.6. The normalized spacial score (nSPS) is 10.4. The number of benzene rings is 3. The van der Waals surface area contributed by atoms with Crippen molar-refractivity contribution in [2.75, 3.05) is 0 Å². The summed E-state index contributed by atoms with van der Waals surface area (Å²) in [6.45, 7) is 0. The van der Waals surface area contributed by atoms with E-state index in [9.17, 15) is 24.5 Å². The molecule has 32 heavy (non-hydrogen) atoms. The fourth-order valence-corrected chi connectivity index (χ4v) is 2.58. The molecule has 0 aromatic heterocycles. The molecule has 0 fully saturated rings. The largest absolute Gasteiger partial charge is 0.422 e. The molecule has 9 heteroatoms. The summed E-state index contributed by atoms with van der Waals surface area (Å²) in [7, 11) is 0. The topological polar surface area (TPSA) is 128 Å². The number of non-ortho nitro benzene ring substituents is 1. The lowest BCUT2D eigenvalue weighted by Gasteiger charge is -2.08. The predicted molar refractivity (Wildman–Crippen MR) is 116 cm³/mol. The van der Waals surface area contributed by atoms with E-state index < -0.39 is 22.7 Å². The number of hydrogen-bond donors (Lipinski definition) is 2. The first-order valence-electron chi connectivity index (χ1n) is 9.33. The number of ether oxygens (including phenoxy) is 1. The van der Waals surface area contributed by atoms with Gasteiger partial charge in [0.15, 0.2) is 0 Å². The zero-order chi connectivity index (χ0) is 22.9. The van der Waals surface area contributed by atoms with E-state index in [0.717, 1.165) is 6.08 Å². The van der Waals surface area contributed by atoms with Crippen molar-refractivity contribution in [3.63, 3.8) is 0 Å². The maximum atomic E-state index is 12.3. The molecular formula is C23H17N3O6. The number of para-hydroxylation sites is 1. The number of carbonyl (C=O) groups is 3. The van der Waals surface area contributed by atoms with Crippen molar-refractivity contribution in [2.24, 2.45) is 0 Å². The second-order valence-electron chi connectivity index (χ2n) is 6.37. The van der Waals surface area contributed by atoms with Crippen LogP contribution in [0.3, 0.4) is 0 Å². The SMILES string of the molecule is O=C(/C=C/c1ccccc1OC(=O)c1ccccc1)NNC(=O)c1ccc([N+](=O)[O-])cc1. The van der Waals surface area contributed by atoms with Crippen molar-refractivity contribution in [2.45, 2.75) is 0 Å². The smallest absolute Gasteiger partial charge is 0.343 e. The Morgan fingerprint density at radius 2 is 1.47 bits per heavy atom. The van der Waals surface area contributed by atoms with Crippen molar-refractivity contribution < 1.29 is 24.0 Å². The summed E-state index contributed by atoms with van der Waals surface area (Å²) in [5, 5.41) is 10.7. The Balaban J connectivity index is 1.59. The van der Waals surface area contributed by atoms with E-state index in [2.05, 4.69) is 10.9 Å². The molecule has 0 aliphatic rings. The summed E-state index contributed by atoms with van der Waals surface area (Å²) in [5.74, 6) is -1.55.